The third-order valence-electron chi connectivity index (χ3n) is 5.37. The molecule has 0 saturated heterocycles. The van der Waals surface area contributed by atoms with E-state index in [0.717, 1.165) is 5.70 Å². The topological polar surface area (TPSA) is 82.5 Å². The molecule has 3 N–H and O–H groups in total. The van der Waals surface area contributed by atoms with Crippen molar-refractivity contribution in [2.75, 3.05) is 20.0 Å². The quantitative estimate of drug-likeness (QED) is 0.516. The normalized spacial score (nSPS) is 12.8. The summed E-state index contributed by atoms with van der Waals surface area (Å²) in [7, 11) is 3.06. The zero-order chi connectivity index (χ0) is 21.0. The van der Waals surface area contributed by atoms with E-state index in [4.69, 9.17) is 15.2 Å². The van der Waals surface area contributed by atoms with Gasteiger partial charge < -0.3 is 20.3 Å². The van der Waals surface area contributed by atoms with Crippen LogP contribution in [0.3, 0.4) is 0 Å². The second kappa shape index (κ2) is 6.52. The molecule has 0 unspecified atom stereocenters. The van der Waals surface area contributed by atoms with Gasteiger partial charge in [0.1, 0.15) is 17.3 Å². The van der Waals surface area contributed by atoms with Crippen LogP contribution in [0, 0.1) is 5.82 Å². The van der Waals surface area contributed by atoms with Crippen molar-refractivity contribution in [3.05, 3.63) is 60.6 Å². The monoisotopic (exact) mass is 403 g/mol. The fraction of sp³-hybridized carbons (Fsp3) is 0.0870. The minimum absolute atomic E-state index is 0.00247. The summed E-state index contributed by atoms with van der Waals surface area (Å²) in [5.41, 5.74) is 9.17. The maximum atomic E-state index is 15.1. The molecule has 5 rings (SSSR count). The fourth-order valence-corrected chi connectivity index (χ4v) is 3.79. The van der Waals surface area contributed by atoms with Crippen molar-refractivity contribution < 1.29 is 19.0 Å². The number of aromatic nitrogens is 2. The van der Waals surface area contributed by atoms with Crippen molar-refractivity contribution >= 4 is 33.2 Å². The van der Waals surface area contributed by atoms with Crippen LogP contribution >= 0.6 is 0 Å². The molecule has 0 bridgehead atoms. The number of hydrogen-bond donors (Lipinski definition) is 2. The van der Waals surface area contributed by atoms with Crippen LogP contribution in [-0.4, -0.2) is 28.9 Å². The van der Waals surface area contributed by atoms with E-state index < -0.39 is 5.82 Å². The number of pyridine rings is 1. The minimum Gasteiger partial charge on any atom is -0.497 e. The lowest BCUT2D eigenvalue weighted by Crippen LogP contribution is -1.97. The molecule has 0 aliphatic heterocycles. The first-order valence-electron chi connectivity index (χ1n) is 9.26. The van der Waals surface area contributed by atoms with E-state index in [2.05, 4.69) is 4.98 Å². The molecule has 0 amide bonds. The number of anilines is 1. The molecule has 0 fully saturated rings. The molecule has 4 aromatic rings. The zero-order valence-corrected chi connectivity index (χ0v) is 16.3. The predicted molar refractivity (Wildman–Crippen MR) is 115 cm³/mol. The summed E-state index contributed by atoms with van der Waals surface area (Å²) in [6.07, 6.45) is 7.28. The zero-order valence-electron chi connectivity index (χ0n) is 16.3. The lowest BCUT2D eigenvalue weighted by molar-refractivity contribution is 0.404. The van der Waals surface area contributed by atoms with Gasteiger partial charge in [0.2, 0.25) is 5.88 Å². The molecular formula is C23H18FN3O3. The third kappa shape index (κ3) is 2.45. The lowest BCUT2D eigenvalue weighted by Gasteiger charge is -2.14. The summed E-state index contributed by atoms with van der Waals surface area (Å²) in [5.74, 6) is 0.572. The van der Waals surface area contributed by atoms with Crippen LogP contribution in [0.5, 0.6) is 17.4 Å². The standard InChI is InChI=1S/C23H18FN3O3/c1-29-13-6-9-18(30-2)15(10-13)19-16(24)8-7-14-21(25)20-17(26-22(14)19)11-27(23(20)28)12-4-3-5-12/h3-11,28H,25H2,1-2H3. The molecule has 30 heavy (non-hydrogen) atoms. The molecule has 1 aliphatic rings. The van der Waals surface area contributed by atoms with E-state index >= 15 is 4.39 Å². The Balaban J connectivity index is 1.87. The summed E-state index contributed by atoms with van der Waals surface area (Å²) < 4.78 is 27.5. The molecule has 0 spiro atoms. The highest BCUT2D eigenvalue weighted by Gasteiger charge is 2.22. The van der Waals surface area contributed by atoms with Gasteiger partial charge in [-0.25, -0.2) is 9.37 Å². The highest BCUT2D eigenvalue weighted by molar-refractivity contribution is 6.13. The van der Waals surface area contributed by atoms with E-state index in [9.17, 15) is 5.11 Å². The Labute approximate surface area is 171 Å². The van der Waals surface area contributed by atoms with Crippen LogP contribution in [0.25, 0.3) is 38.6 Å². The molecule has 6 nitrogen and oxygen atoms in total. The van der Waals surface area contributed by atoms with Crippen molar-refractivity contribution in [2.45, 2.75) is 0 Å². The number of benzene rings is 2. The van der Waals surface area contributed by atoms with Crippen molar-refractivity contribution in [3.8, 4) is 28.5 Å². The van der Waals surface area contributed by atoms with E-state index in [1.807, 2.05) is 18.2 Å². The fourth-order valence-electron chi connectivity index (χ4n) is 3.79. The van der Waals surface area contributed by atoms with Crippen molar-refractivity contribution in [2.24, 2.45) is 0 Å². The smallest absolute Gasteiger partial charge is 0.207 e. The van der Waals surface area contributed by atoms with Gasteiger partial charge >= 0.3 is 0 Å². The first-order chi connectivity index (χ1) is 14.5. The number of nitrogens with zero attached hydrogens (tertiary/aromatic N) is 2. The summed E-state index contributed by atoms with van der Waals surface area (Å²) in [4.78, 5) is 4.68. The number of methoxy groups -OCH3 is 2. The SMILES string of the molecule is COc1ccc(OC)c(-c2c(F)ccc3c(N)c4c(O)n(C5=CC=C5)cc4nc23)c1. The number of rotatable bonds is 4. The van der Waals surface area contributed by atoms with Crippen LogP contribution in [0.1, 0.15) is 0 Å². The Morgan fingerprint density at radius 1 is 1.13 bits per heavy atom. The van der Waals surface area contributed by atoms with Gasteiger partial charge in [0.15, 0.2) is 0 Å². The summed E-state index contributed by atoms with van der Waals surface area (Å²) in [6, 6.07) is 8.06. The molecule has 0 saturated carbocycles. The van der Waals surface area contributed by atoms with Gasteiger partial charge in [0.25, 0.3) is 0 Å². The number of fused-ring (bicyclic) bond motifs is 2. The van der Waals surface area contributed by atoms with Gasteiger partial charge in [0, 0.05) is 28.4 Å². The number of aromatic hydroxyl groups is 1. The Hall–Kier alpha value is -4.00. The van der Waals surface area contributed by atoms with Gasteiger partial charge in [-0.2, -0.15) is 0 Å². The molecular weight excluding hydrogens is 385 g/mol. The predicted octanol–water partition coefficient (Wildman–Crippen LogP) is 4.71. The summed E-state index contributed by atoms with van der Waals surface area (Å²) in [5, 5.41) is 11.7. The number of allylic oxidation sites excluding steroid dienone is 4. The Morgan fingerprint density at radius 3 is 2.60 bits per heavy atom. The molecule has 150 valence electrons. The number of nitrogens with two attached hydrogens (primary N) is 1. The van der Waals surface area contributed by atoms with Gasteiger partial charge in [-0.05, 0) is 42.5 Å². The molecule has 0 radical (unpaired) electrons. The highest BCUT2D eigenvalue weighted by atomic mass is 19.1. The molecule has 2 heterocycles. The lowest BCUT2D eigenvalue weighted by atomic mass is 9.98. The van der Waals surface area contributed by atoms with Crippen molar-refractivity contribution in [1.82, 2.24) is 9.55 Å². The van der Waals surface area contributed by atoms with E-state index in [1.54, 1.807) is 42.1 Å². The molecule has 2 aromatic heterocycles. The van der Waals surface area contributed by atoms with Gasteiger partial charge in [-0.3, -0.25) is 4.57 Å². The average molecular weight is 403 g/mol. The third-order valence-corrected chi connectivity index (χ3v) is 5.37. The minimum atomic E-state index is -0.464. The number of nitrogen functional groups attached to an aromatic ring is 1. The van der Waals surface area contributed by atoms with E-state index in [1.165, 1.54) is 13.2 Å². The van der Waals surface area contributed by atoms with Crippen LogP contribution in [0.4, 0.5) is 10.1 Å². The van der Waals surface area contributed by atoms with Gasteiger partial charge in [-0.1, -0.05) is 6.08 Å². The first kappa shape index (κ1) is 18.1. The van der Waals surface area contributed by atoms with E-state index in [0.29, 0.717) is 44.6 Å². The van der Waals surface area contributed by atoms with Gasteiger partial charge in [0.05, 0.1) is 36.3 Å². The summed E-state index contributed by atoms with van der Waals surface area (Å²) >= 11 is 0. The Bertz CT molecular complexity index is 1400. The second-order valence-electron chi connectivity index (χ2n) is 6.94. The van der Waals surface area contributed by atoms with Crippen molar-refractivity contribution in [3.63, 3.8) is 0 Å². The van der Waals surface area contributed by atoms with Gasteiger partial charge in [-0.15, -0.1) is 0 Å². The van der Waals surface area contributed by atoms with Crippen molar-refractivity contribution in [1.29, 1.82) is 0 Å². The molecule has 7 heteroatoms. The highest BCUT2D eigenvalue weighted by Crippen LogP contribution is 2.43. The average Bonchev–Trinajstić information content (AvgIpc) is 3.02. The first-order valence-corrected chi connectivity index (χ1v) is 9.26. The molecule has 2 aromatic carbocycles. The maximum Gasteiger partial charge on any atom is 0.207 e. The number of halogens is 1. The van der Waals surface area contributed by atoms with Crippen LogP contribution < -0.4 is 15.2 Å². The molecule has 0 atom stereocenters. The summed E-state index contributed by atoms with van der Waals surface area (Å²) in [6.45, 7) is 0. The second-order valence-corrected chi connectivity index (χ2v) is 6.94. The Morgan fingerprint density at radius 2 is 1.93 bits per heavy atom. The van der Waals surface area contributed by atoms with E-state index in [-0.39, 0.29) is 11.4 Å². The largest absolute Gasteiger partial charge is 0.497 e. The van der Waals surface area contributed by atoms with Crippen LogP contribution in [0.15, 0.2) is 54.8 Å². The number of ether oxygens (including phenoxy) is 2. The van der Waals surface area contributed by atoms with Crippen LogP contribution in [-0.2, 0) is 0 Å². The van der Waals surface area contributed by atoms with Crippen LogP contribution in [0.2, 0.25) is 0 Å². The number of hydrogen-bond acceptors (Lipinski definition) is 5. The Kier molecular flexibility index (Phi) is 3.92. The maximum absolute atomic E-state index is 15.1. The molecule has 1 aliphatic carbocycles.